The van der Waals surface area contributed by atoms with Crippen molar-refractivity contribution < 1.29 is 12.8 Å². The fraction of sp³-hybridized carbons (Fsp3) is 0.400. The first kappa shape index (κ1) is 16.1. The SMILES string of the molecule is Cc1cc(F)cc(S(=O)(=O)N2CCNCC2c2nccn2C)c1. The number of hydrogen-bond donors (Lipinski definition) is 1. The normalized spacial score (nSPS) is 19.9. The number of sulfonamides is 1. The summed E-state index contributed by atoms with van der Waals surface area (Å²) in [6.45, 7) is 3.01. The Morgan fingerprint density at radius 3 is 2.78 bits per heavy atom. The van der Waals surface area contributed by atoms with E-state index < -0.39 is 21.9 Å². The lowest BCUT2D eigenvalue weighted by atomic mass is 10.2. The minimum Gasteiger partial charge on any atom is -0.337 e. The van der Waals surface area contributed by atoms with Crippen LogP contribution in [0.4, 0.5) is 4.39 Å². The third kappa shape index (κ3) is 3.01. The molecule has 1 atom stereocenters. The first-order valence-corrected chi connectivity index (χ1v) is 8.80. The minimum absolute atomic E-state index is 0.0175. The summed E-state index contributed by atoms with van der Waals surface area (Å²) < 4.78 is 42.9. The van der Waals surface area contributed by atoms with Crippen molar-refractivity contribution in [3.05, 3.63) is 47.8 Å². The number of piperazine rings is 1. The van der Waals surface area contributed by atoms with Gasteiger partial charge in [-0.1, -0.05) is 0 Å². The van der Waals surface area contributed by atoms with E-state index in [0.29, 0.717) is 31.0 Å². The topological polar surface area (TPSA) is 67.2 Å². The molecule has 1 aromatic heterocycles. The summed E-state index contributed by atoms with van der Waals surface area (Å²) in [4.78, 5) is 4.26. The second-order valence-corrected chi connectivity index (χ2v) is 7.59. The highest BCUT2D eigenvalue weighted by Crippen LogP contribution is 2.28. The molecule has 0 bridgehead atoms. The quantitative estimate of drug-likeness (QED) is 0.913. The third-order valence-corrected chi connectivity index (χ3v) is 5.86. The molecule has 1 fully saturated rings. The average Bonchev–Trinajstić information content (AvgIpc) is 2.92. The average molecular weight is 338 g/mol. The Morgan fingerprint density at radius 1 is 1.35 bits per heavy atom. The molecule has 1 N–H and O–H groups in total. The molecule has 1 aliphatic heterocycles. The van der Waals surface area contributed by atoms with Crippen molar-refractivity contribution >= 4 is 10.0 Å². The molecule has 1 aromatic carbocycles. The summed E-state index contributed by atoms with van der Waals surface area (Å²) in [7, 11) is -1.97. The summed E-state index contributed by atoms with van der Waals surface area (Å²) in [5.74, 6) is 0.112. The number of nitrogens with zero attached hydrogens (tertiary/aromatic N) is 3. The molecular formula is C15H19FN4O2S. The molecule has 0 spiro atoms. The van der Waals surface area contributed by atoms with Crippen molar-refractivity contribution in [2.24, 2.45) is 7.05 Å². The Kier molecular flexibility index (Phi) is 4.22. The van der Waals surface area contributed by atoms with Crippen LogP contribution < -0.4 is 5.32 Å². The molecule has 0 amide bonds. The second kappa shape index (κ2) is 6.03. The van der Waals surface area contributed by atoms with Crippen molar-refractivity contribution in [3.8, 4) is 0 Å². The maximum atomic E-state index is 13.6. The number of nitrogens with one attached hydrogen (secondary N) is 1. The molecule has 0 aliphatic carbocycles. The van der Waals surface area contributed by atoms with E-state index in [1.165, 1.54) is 16.4 Å². The first-order chi connectivity index (χ1) is 10.9. The minimum atomic E-state index is -3.80. The molecule has 1 aliphatic rings. The molecule has 23 heavy (non-hydrogen) atoms. The van der Waals surface area contributed by atoms with Gasteiger partial charge in [0.05, 0.1) is 10.9 Å². The Balaban J connectivity index is 2.04. The third-order valence-electron chi connectivity index (χ3n) is 3.97. The zero-order valence-corrected chi connectivity index (χ0v) is 13.8. The van der Waals surface area contributed by atoms with Gasteiger partial charge in [-0.15, -0.1) is 0 Å². The van der Waals surface area contributed by atoms with Gasteiger partial charge >= 0.3 is 0 Å². The van der Waals surface area contributed by atoms with Gasteiger partial charge in [0.25, 0.3) is 0 Å². The van der Waals surface area contributed by atoms with Gasteiger partial charge in [0.1, 0.15) is 11.6 Å². The Morgan fingerprint density at radius 2 is 2.13 bits per heavy atom. The number of aryl methyl sites for hydroxylation is 2. The molecule has 8 heteroatoms. The van der Waals surface area contributed by atoms with Gasteiger partial charge in [0, 0.05) is 39.1 Å². The largest absolute Gasteiger partial charge is 0.337 e. The van der Waals surface area contributed by atoms with Gasteiger partial charge in [0.15, 0.2) is 0 Å². The van der Waals surface area contributed by atoms with Gasteiger partial charge < -0.3 is 9.88 Å². The van der Waals surface area contributed by atoms with E-state index in [1.807, 2.05) is 7.05 Å². The van der Waals surface area contributed by atoms with E-state index >= 15 is 0 Å². The lowest BCUT2D eigenvalue weighted by molar-refractivity contribution is 0.258. The highest BCUT2D eigenvalue weighted by atomic mass is 32.2. The summed E-state index contributed by atoms with van der Waals surface area (Å²) in [5.41, 5.74) is 0.576. The van der Waals surface area contributed by atoms with Crippen LogP contribution in [0.2, 0.25) is 0 Å². The number of benzene rings is 1. The van der Waals surface area contributed by atoms with Gasteiger partial charge in [0.2, 0.25) is 10.0 Å². The molecule has 0 saturated carbocycles. The van der Waals surface area contributed by atoms with Crippen molar-refractivity contribution in [2.45, 2.75) is 17.9 Å². The van der Waals surface area contributed by atoms with Crippen molar-refractivity contribution in [1.82, 2.24) is 19.2 Å². The highest BCUT2D eigenvalue weighted by molar-refractivity contribution is 7.89. The van der Waals surface area contributed by atoms with E-state index in [-0.39, 0.29) is 4.90 Å². The number of aromatic nitrogens is 2. The van der Waals surface area contributed by atoms with Crippen molar-refractivity contribution in [2.75, 3.05) is 19.6 Å². The van der Waals surface area contributed by atoms with Gasteiger partial charge in [-0.05, 0) is 30.7 Å². The maximum absolute atomic E-state index is 13.6. The molecule has 1 saturated heterocycles. The highest BCUT2D eigenvalue weighted by Gasteiger charge is 2.36. The predicted octanol–water partition coefficient (Wildman–Crippen LogP) is 1.20. The van der Waals surface area contributed by atoms with Crippen LogP contribution in [0.3, 0.4) is 0 Å². The first-order valence-electron chi connectivity index (χ1n) is 7.36. The summed E-state index contributed by atoms with van der Waals surface area (Å²) in [6, 6.07) is 3.46. The van der Waals surface area contributed by atoms with Crippen LogP contribution in [0, 0.1) is 12.7 Å². The fourth-order valence-corrected chi connectivity index (χ4v) is 4.58. The molecule has 2 heterocycles. The predicted molar refractivity (Wildman–Crippen MR) is 83.8 cm³/mol. The van der Waals surface area contributed by atoms with E-state index in [0.717, 1.165) is 6.07 Å². The van der Waals surface area contributed by atoms with E-state index in [1.54, 1.807) is 23.9 Å². The zero-order chi connectivity index (χ0) is 16.6. The Labute approximate surface area is 135 Å². The van der Waals surface area contributed by atoms with Crippen LogP contribution in [0.5, 0.6) is 0 Å². The molecule has 1 unspecified atom stereocenters. The molecule has 0 radical (unpaired) electrons. The monoisotopic (exact) mass is 338 g/mol. The van der Waals surface area contributed by atoms with Gasteiger partial charge in [-0.3, -0.25) is 0 Å². The van der Waals surface area contributed by atoms with Crippen LogP contribution in [-0.4, -0.2) is 41.9 Å². The maximum Gasteiger partial charge on any atom is 0.243 e. The van der Waals surface area contributed by atoms with Gasteiger partial charge in [-0.2, -0.15) is 4.31 Å². The second-order valence-electron chi connectivity index (χ2n) is 5.70. The smallest absolute Gasteiger partial charge is 0.243 e. The molecular weight excluding hydrogens is 319 g/mol. The van der Waals surface area contributed by atoms with Crippen molar-refractivity contribution in [3.63, 3.8) is 0 Å². The Hall–Kier alpha value is -1.77. The summed E-state index contributed by atoms with van der Waals surface area (Å²) in [5, 5.41) is 3.19. The fourth-order valence-electron chi connectivity index (χ4n) is 2.88. The van der Waals surface area contributed by atoms with E-state index in [2.05, 4.69) is 10.3 Å². The van der Waals surface area contributed by atoms with Crippen LogP contribution in [0.1, 0.15) is 17.4 Å². The van der Waals surface area contributed by atoms with E-state index in [9.17, 15) is 12.8 Å². The van der Waals surface area contributed by atoms with Crippen LogP contribution in [0.15, 0.2) is 35.5 Å². The van der Waals surface area contributed by atoms with Gasteiger partial charge in [-0.25, -0.2) is 17.8 Å². The lowest BCUT2D eigenvalue weighted by Crippen LogP contribution is -2.49. The van der Waals surface area contributed by atoms with Crippen LogP contribution in [0.25, 0.3) is 0 Å². The molecule has 124 valence electrons. The van der Waals surface area contributed by atoms with E-state index in [4.69, 9.17) is 0 Å². The summed E-state index contributed by atoms with van der Waals surface area (Å²) in [6.07, 6.45) is 3.42. The van der Waals surface area contributed by atoms with Crippen LogP contribution >= 0.6 is 0 Å². The molecule has 6 nitrogen and oxygen atoms in total. The molecule has 2 aromatic rings. The van der Waals surface area contributed by atoms with Crippen LogP contribution in [-0.2, 0) is 17.1 Å². The zero-order valence-electron chi connectivity index (χ0n) is 13.0. The standard InChI is InChI=1S/C15H19FN4O2S/c1-11-7-12(16)9-13(8-11)23(21,22)20-6-3-17-10-14(20)15-18-4-5-19(15)2/h4-5,7-9,14,17H,3,6,10H2,1-2H3. The lowest BCUT2D eigenvalue weighted by Gasteiger charge is -2.34. The summed E-state index contributed by atoms with van der Waals surface area (Å²) >= 11 is 0. The van der Waals surface area contributed by atoms with Crippen molar-refractivity contribution in [1.29, 1.82) is 0 Å². The number of halogens is 1. The number of hydrogen-bond acceptors (Lipinski definition) is 4. The number of imidazole rings is 1. The Bertz CT molecular complexity index is 798. The number of rotatable bonds is 3. The molecule has 3 rings (SSSR count).